The lowest BCUT2D eigenvalue weighted by Crippen LogP contribution is -2.32. The van der Waals surface area contributed by atoms with Crippen LogP contribution < -0.4 is 10.5 Å². The first kappa shape index (κ1) is 18.4. The Hall–Kier alpha value is -1.90. The number of para-hydroxylation sites is 1. The van der Waals surface area contributed by atoms with E-state index in [4.69, 9.17) is 10.8 Å². The minimum atomic E-state index is -3.80. The first-order valence-corrected chi connectivity index (χ1v) is 9.33. The molecule has 0 fully saturated rings. The second kappa shape index (κ2) is 7.33. The number of rotatable bonds is 6. The summed E-state index contributed by atoms with van der Waals surface area (Å²) in [6.07, 6.45) is 0.0551. The predicted molar refractivity (Wildman–Crippen MR) is 95.4 cm³/mol. The van der Waals surface area contributed by atoms with Crippen LogP contribution in [0.15, 0.2) is 51.8 Å². The summed E-state index contributed by atoms with van der Waals surface area (Å²) in [5, 5.41) is 8.93. The van der Waals surface area contributed by atoms with Crippen molar-refractivity contribution in [2.75, 3.05) is 4.72 Å². The Kier molecular flexibility index (Phi) is 5.63. The van der Waals surface area contributed by atoms with Crippen molar-refractivity contribution in [3.63, 3.8) is 0 Å². The van der Waals surface area contributed by atoms with Gasteiger partial charge in [-0.15, -0.1) is 0 Å². The molecular formula is C16H17BrN2O4S. The number of anilines is 1. The molecule has 128 valence electrons. The zero-order valence-corrected chi connectivity index (χ0v) is 15.3. The Bertz CT molecular complexity index is 868. The monoisotopic (exact) mass is 412 g/mol. The van der Waals surface area contributed by atoms with Gasteiger partial charge in [0.05, 0.1) is 10.6 Å². The van der Waals surface area contributed by atoms with Crippen molar-refractivity contribution >= 4 is 37.6 Å². The number of hydrogen-bond donors (Lipinski definition) is 3. The van der Waals surface area contributed by atoms with E-state index in [-0.39, 0.29) is 11.3 Å². The minimum absolute atomic E-state index is 0.0523. The standard InChI is InChI=1S/C16H17BrN2O4S/c1-10-6-7-12(8-11(10)9-14(18)16(20)21)24(22,23)19-15-5-3-2-4-13(15)17/h2-8,14,19H,9,18H2,1H3,(H,20,21)/t14-/m0/s1. The van der Waals surface area contributed by atoms with E-state index in [1.807, 2.05) is 0 Å². The highest BCUT2D eigenvalue weighted by Crippen LogP contribution is 2.25. The molecule has 1 atom stereocenters. The number of nitrogens with two attached hydrogens (primary N) is 1. The van der Waals surface area contributed by atoms with E-state index in [0.29, 0.717) is 15.7 Å². The highest BCUT2D eigenvalue weighted by molar-refractivity contribution is 9.10. The molecule has 0 saturated heterocycles. The normalized spacial score (nSPS) is 12.6. The zero-order valence-electron chi connectivity index (χ0n) is 12.9. The van der Waals surface area contributed by atoms with Crippen LogP contribution in [-0.4, -0.2) is 25.5 Å². The summed E-state index contributed by atoms with van der Waals surface area (Å²) in [5.41, 5.74) is 7.33. The van der Waals surface area contributed by atoms with Crippen molar-refractivity contribution in [2.24, 2.45) is 5.73 Å². The smallest absolute Gasteiger partial charge is 0.320 e. The fourth-order valence-electron chi connectivity index (χ4n) is 2.11. The Balaban J connectivity index is 2.34. The summed E-state index contributed by atoms with van der Waals surface area (Å²) in [6.45, 7) is 1.78. The van der Waals surface area contributed by atoms with Gasteiger partial charge in [-0.1, -0.05) is 18.2 Å². The van der Waals surface area contributed by atoms with E-state index in [0.717, 1.165) is 5.56 Å². The third kappa shape index (κ3) is 4.34. The van der Waals surface area contributed by atoms with Gasteiger partial charge in [0.1, 0.15) is 6.04 Å². The second-order valence-electron chi connectivity index (χ2n) is 5.32. The molecule has 2 rings (SSSR count). The summed E-state index contributed by atoms with van der Waals surface area (Å²) in [7, 11) is -3.80. The first-order chi connectivity index (χ1) is 11.2. The average molecular weight is 413 g/mol. The van der Waals surface area contributed by atoms with Gasteiger partial charge in [0.25, 0.3) is 10.0 Å². The molecular weight excluding hydrogens is 396 g/mol. The average Bonchev–Trinajstić information content (AvgIpc) is 2.51. The van der Waals surface area contributed by atoms with Gasteiger partial charge in [-0.05, 0) is 64.7 Å². The molecule has 0 bridgehead atoms. The molecule has 6 nitrogen and oxygen atoms in total. The molecule has 0 amide bonds. The first-order valence-electron chi connectivity index (χ1n) is 7.06. The summed E-state index contributed by atoms with van der Waals surface area (Å²) >= 11 is 3.29. The fourth-order valence-corrected chi connectivity index (χ4v) is 3.75. The quantitative estimate of drug-likeness (QED) is 0.674. The van der Waals surface area contributed by atoms with Crippen LogP contribution in [0, 0.1) is 6.92 Å². The molecule has 0 heterocycles. The summed E-state index contributed by atoms with van der Waals surface area (Å²) in [5.74, 6) is -1.13. The van der Waals surface area contributed by atoms with Gasteiger partial charge in [0.15, 0.2) is 0 Å². The zero-order chi connectivity index (χ0) is 17.9. The lowest BCUT2D eigenvalue weighted by Gasteiger charge is -2.13. The van der Waals surface area contributed by atoms with E-state index in [2.05, 4.69) is 20.7 Å². The summed E-state index contributed by atoms with van der Waals surface area (Å²) in [6, 6.07) is 10.3. The molecule has 0 aromatic heterocycles. The molecule has 24 heavy (non-hydrogen) atoms. The fraction of sp³-hybridized carbons (Fsp3) is 0.188. The third-order valence-electron chi connectivity index (χ3n) is 3.51. The molecule has 0 spiro atoms. The van der Waals surface area contributed by atoms with Crippen LogP contribution in [0.2, 0.25) is 0 Å². The van der Waals surface area contributed by atoms with Gasteiger partial charge < -0.3 is 10.8 Å². The molecule has 0 aliphatic heterocycles. The molecule has 4 N–H and O–H groups in total. The topological polar surface area (TPSA) is 109 Å². The van der Waals surface area contributed by atoms with Gasteiger partial charge in [0, 0.05) is 4.47 Å². The Labute approximate surface area is 148 Å². The third-order valence-corrected chi connectivity index (χ3v) is 5.56. The molecule has 2 aromatic rings. The number of carboxylic acid groups (broad SMARTS) is 1. The van der Waals surface area contributed by atoms with Crippen LogP contribution in [-0.2, 0) is 21.2 Å². The maximum atomic E-state index is 12.6. The maximum Gasteiger partial charge on any atom is 0.320 e. The van der Waals surface area contributed by atoms with E-state index in [1.54, 1.807) is 37.3 Å². The highest BCUT2D eigenvalue weighted by atomic mass is 79.9. The molecule has 0 aliphatic carbocycles. The number of halogens is 1. The number of aryl methyl sites for hydroxylation is 1. The number of hydrogen-bond acceptors (Lipinski definition) is 4. The SMILES string of the molecule is Cc1ccc(S(=O)(=O)Nc2ccccc2Br)cc1C[C@H](N)C(=O)O. The van der Waals surface area contributed by atoms with Crippen molar-refractivity contribution in [1.29, 1.82) is 0 Å². The number of carbonyl (C=O) groups is 1. The van der Waals surface area contributed by atoms with Gasteiger partial charge >= 0.3 is 5.97 Å². The van der Waals surface area contributed by atoms with Gasteiger partial charge in [0.2, 0.25) is 0 Å². The number of benzene rings is 2. The molecule has 0 unspecified atom stereocenters. The van der Waals surface area contributed by atoms with Gasteiger partial charge in [-0.25, -0.2) is 8.42 Å². The second-order valence-corrected chi connectivity index (χ2v) is 7.86. The van der Waals surface area contributed by atoms with Crippen LogP contribution in [0.3, 0.4) is 0 Å². The molecule has 2 aromatic carbocycles. The Morgan fingerprint density at radius 1 is 1.29 bits per heavy atom. The lowest BCUT2D eigenvalue weighted by atomic mass is 10.0. The molecule has 8 heteroatoms. The van der Waals surface area contributed by atoms with E-state index in [1.165, 1.54) is 12.1 Å². The van der Waals surface area contributed by atoms with Gasteiger partial charge in [-0.2, -0.15) is 0 Å². The lowest BCUT2D eigenvalue weighted by molar-refractivity contribution is -0.138. The predicted octanol–water partition coefficient (Wildman–Crippen LogP) is 2.51. The molecule has 0 radical (unpaired) electrons. The van der Waals surface area contributed by atoms with Crippen LogP contribution in [0.25, 0.3) is 0 Å². The minimum Gasteiger partial charge on any atom is -0.480 e. The number of nitrogens with one attached hydrogen (secondary N) is 1. The van der Waals surface area contributed by atoms with E-state index >= 15 is 0 Å². The van der Waals surface area contributed by atoms with E-state index in [9.17, 15) is 13.2 Å². The number of carboxylic acids is 1. The Morgan fingerprint density at radius 3 is 2.58 bits per heavy atom. The van der Waals surface area contributed by atoms with Crippen molar-refractivity contribution in [2.45, 2.75) is 24.3 Å². The van der Waals surface area contributed by atoms with E-state index < -0.39 is 22.0 Å². The van der Waals surface area contributed by atoms with Crippen molar-refractivity contribution in [3.8, 4) is 0 Å². The van der Waals surface area contributed by atoms with Crippen LogP contribution in [0.5, 0.6) is 0 Å². The maximum absolute atomic E-state index is 12.6. The molecule has 0 aliphatic rings. The highest BCUT2D eigenvalue weighted by Gasteiger charge is 2.19. The molecule has 0 saturated carbocycles. The van der Waals surface area contributed by atoms with Crippen molar-refractivity contribution in [1.82, 2.24) is 0 Å². The largest absolute Gasteiger partial charge is 0.480 e. The van der Waals surface area contributed by atoms with Gasteiger partial charge in [-0.3, -0.25) is 9.52 Å². The van der Waals surface area contributed by atoms with Crippen molar-refractivity contribution in [3.05, 3.63) is 58.1 Å². The number of sulfonamides is 1. The van der Waals surface area contributed by atoms with Crippen LogP contribution >= 0.6 is 15.9 Å². The number of aliphatic carboxylic acids is 1. The Morgan fingerprint density at radius 2 is 1.96 bits per heavy atom. The van der Waals surface area contributed by atoms with Crippen LogP contribution in [0.1, 0.15) is 11.1 Å². The van der Waals surface area contributed by atoms with Crippen molar-refractivity contribution < 1.29 is 18.3 Å². The van der Waals surface area contributed by atoms with Crippen LogP contribution in [0.4, 0.5) is 5.69 Å². The summed E-state index contributed by atoms with van der Waals surface area (Å²) in [4.78, 5) is 11.0. The summed E-state index contributed by atoms with van der Waals surface area (Å²) < 4.78 is 28.2.